The molecule has 6 heteroatoms. The summed E-state index contributed by atoms with van der Waals surface area (Å²) in [6.07, 6.45) is -2.76. The first-order valence-electron chi connectivity index (χ1n) is 7.23. The lowest BCUT2D eigenvalue weighted by Crippen LogP contribution is -2.16. The zero-order chi connectivity index (χ0) is 16.7. The maximum absolute atomic E-state index is 12.3. The zero-order valence-electron chi connectivity index (χ0n) is 12.3. The highest BCUT2D eigenvalue weighted by Gasteiger charge is 2.31. The third-order valence-corrected chi connectivity index (χ3v) is 3.73. The molecule has 2 aromatic carbocycles. The van der Waals surface area contributed by atoms with Gasteiger partial charge in [0.2, 0.25) is 0 Å². The topological polar surface area (TPSA) is 26.5 Å². The lowest BCUT2D eigenvalue weighted by Gasteiger charge is -2.11. The smallest absolute Gasteiger partial charge is 0.406 e. The van der Waals surface area contributed by atoms with Gasteiger partial charge in [-0.05, 0) is 48.5 Å². The van der Waals surface area contributed by atoms with Gasteiger partial charge in [0.05, 0.1) is 22.2 Å². The van der Waals surface area contributed by atoms with Gasteiger partial charge in [0.25, 0.3) is 0 Å². The van der Waals surface area contributed by atoms with E-state index >= 15 is 0 Å². The standard InChI is InChI=1S/C18H11F3N2O/c19-18(20,21)24-13-9-7-12(8-10-13)17-16-6-3-11-23(16)15-5-2-1-4-14(15)22-17/h1-11H. The van der Waals surface area contributed by atoms with E-state index in [0.29, 0.717) is 5.69 Å². The van der Waals surface area contributed by atoms with Gasteiger partial charge in [-0.3, -0.25) is 0 Å². The number of benzene rings is 2. The normalized spacial score (nSPS) is 12.0. The minimum absolute atomic E-state index is 0.251. The molecule has 0 amide bonds. The van der Waals surface area contributed by atoms with Crippen LogP contribution in [0.15, 0.2) is 66.9 Å². The van der Waals surface area contributed by atoms with Gasteiger partial charge < -0.3 is 9.14 Å². The van der Waals surface area contributed by atoms with E-state index in [-0.39, 0.29) is 5.75 Å². The van der Waals surface area contributed by atoms with E-state index in [2.05, 4.69) is 9.72 Å². The van der Waals surface area contributed by atoms with Crippen molar-refractivity contribution in [3.05, 3.63) is 66.9 Å². The van der Waals surface area contributed by atoms with Gasteiger partial charge in [0.15, 0.2) is 0 Å². The van der Waals surface area contributed by atoms with Crippen LogP contribution in [0.2, 0.25) is 0 Å². The van der Waals surface area contributed by atoms with Gasteiger partial charge in [-0.1, -0.05) is 12.1 Å². The monoisotopic (exact) mass is 328 g/mol. The van der Waals surface area contributed by atoms with Crippen LogP contribution in [0.3, 0.4) is 0 Å². The molecule has 0 radical (unpaired) electrons. The Morgan fingerprint density at radius 3 is 2.29 bits per heavy atom. The van der Waals surface area contributed by atoms with Crippen molar-refractivity contribution >= 4 is 16.6 Å². The fourth-order valence-corrected chi connectivity index (χ4v) is 2.75. The fourth-order valence-electron chi connectivity index (χ4n) is 2.75. The number of ether oxygens (including phenoxy) is 1. The maximum atomic E-state index is 12.3. The summed E-state index contributed by atoms with van der Waals surface area (Å²) in [7, 11) is 0. The molecule has 0 N–H and O–H groups in total. The van der Waals surface area contributed by atoms with Crippen LogP contribution < -0.4 is 4.74 Å². The first kappa shape index (κ1) is 14.6. The van der Waals surface area contributed by atoms with Gasteiger partial charge in [-0.25, -0.2) is 4.98 Å². The van der Waals surface area contributed by atoms with Crippen LogP contribution in [0.1, 0.15) is 0 Å². The number of hydrogen-bond acceptors (Lipinski definition) is 2. The van der Waals surface area contributed by atoms with Gasteiger partial charge in [-0.2, -0.15) is 0 Å². The van der Waals surface area contributed by atoms with Gasteiger partial charge in [0.1, 0.15) is 5.75 Å². The lowest BCUT2D eigenvalue weighted by molar-refractivity contribution is -0.274. The number of alkyl halides is 3. The van der Waals surface area contributed by atoms with E-state index in [1.54, 1.807) is 12.1 Å². The van der Waals surface area contributed by atoms with Crippen molar-refractivity contribution in [1.29, 1.82) is 0 Å². The largest absolute Gasteiger partial charge is 0.573 e. The van der Waals surface area contributed by atoms with Crippen molar-refractivity contribution in [3.63, 3.8) is 0 Å². The summed E-state index contributed by atoms with van der Waals surface area (Å²) in [6.45, 7) is 0. The number of para-hydroxylation sites is 2. The predicted octanol–water partition coefficient (Wildman–Crippen LogP) is 5.05. The Morgan fingerprint density at radius 1 is 0.833 bits per heavy atom. The number of nitrogens with zero attached hydrogens (tertiary/aromatic N) is 2. The molecular weight excluding hydrogens is 317 g/mol. The Morgan fingerprint density at radius 2 is 1.54 bits per heavy atom. The molecule has 0 saturated carbocycles. The summed E-state index contributed by atoms with van der Waals surface area (Å²) in [5.74, 6) is -0.251. The molecule has 4 aromatic rings. The van der Waals surface area contributed by atoms with E-state index in [9.17, 15) is 13.2 Å². The SMILES string of the molecule is FC(F)(F)Oc1ccc(-c2nc3ccccc3n3cccc23)cc1. The van der Waals surface area contributed by atoms with Crippen LogP contribution in [0.25, 0.3) is 27.8 Å². The summed E-state index contributed by atoms with van der Waals surface area (Å²) in [5, 5.41) is 0. The molecule has 0 aliphatic rings. The summed E-state index contributed by atoms with van der Waals surface area (Å²) >= 11 is 0. The first-order valence-corrected chi connectivity index (χ1v) is 7.23. The van der Waals surface area contributed by atoms with Crippen LogP contribution in [0, 0.1) is 0 Å². The van der Waals surface area contributed by atoms with Crippen molar-refractivity contribution in [2.24, 2.45) is 0 Å². The van der Waals surface area contributed by atoms with Gasteiger partial charge in [0, 0.05) is 11.8 Å². The van der Waals surface area contributed by atoms with E-state index in [0.717, 1.165) is 22.1 Å². The first-order chi connectivity index (χ1) is 11.5. The molecule has 0 spiro atoms. The molecule has 120 valence electrons. The average molecular weight is 328 g/mol. The molecule has 24 heavy (non-hydrogen) atoms. The summed E-state index contributed by atoms with van der Waals surface area (Å²) in [6, 6.07) is 17.3. The second-order valence-corrected chi connectivity index (χ2v) is 5.28. The number of fused-ring (bicyclic) bond motifs is 3. The molecule has 0 atom stereocenters. The molecule has 4 rings (SSSR count). The highest BCUT2D eigenvalue weighted by atomic mass is 19.4. The summed E-state index contributed by atoms with van der Waals surface area (Å²) in [4.78, 5) is 4.67. The molecule has 2 heterocycles. The zero-order valence-corrected chi connectivity index (χ0v) is 12.3. The minimum atomic E-state index is -4.70. The van der Waals surface area contributed by atoms with Gasteiger partial charge in [-0.15, -0.1) is 13.2 Å². The molecule has 0 saturated heterocycles. The van der Waals surface area contributed by atoms with Crippen molar-refractivity contribution in [2.45, 2.75) is 6.36 Å². The van der Waals surface area contributed by atoms with Crippen molar-refractivity contribution < 1.29 is 17.9 Å². The molecule has 2 aromatic heterocycles. The minimum Gasteiger partial charge on any atom is -0.406 e. The number of rotatable bonds is 2. The number of hydrogen-bond donors (Lipinski definition) is 0. The Hall–Kier alpha value is -3.02. The fraction of sp³-hybridized carbons (Fsp3) is 0.0556. The quantitative estimate of drug-likeness (QED) is 0.514. The van der Waals surface area contributed by atoms with Crippen molar-refractivity contribution in [1.82, 2.24) is 9.38 Å². The maximum Gasteiger partial charge on any atom is 0.573 e. The van der Waals surface area contributed by atoms with E-state index in [1.807, 2.05) is 47.0 Å². The Balaban J connectivity index is 1.84. The number of aromatic nitrogens is 2. The third kappa shape index (κ3) is 2.56. The van der Waals surface area contributed by atoms with E-state index in [1.165, 1.54) is 12.1 Å². The Kier molecular flexibility index (Phi) is 3.19. The number of halogens is 3. The van der Waals surface area contributed by atoms with E-state index < -0.39 is 6.36 Å². The van der Waals surface area contributed by atoms with Crippen molar-refractivity contribution in [3.8, 4) is 17.0 Å². The Bertz CT molecular complexity index is 1020. The van der Waals surface area contributed by atoms with Crippen LogP contribution in [-0.4, -0.2) is 15.7 Å². The van der Waals surface area contributed by atoms with Crippen molar-refractivity contribution in [2.75, 3.05) is 0 Å². The van der Waals surface area contributed by atoms with Gasteiger partial charge >= 0.3 is 6.36 Å². The Labute approximate surface area is 134 Å². The third-order valence-electron chi connectivity index (χ3n) is 3.73. The average Bonchev–Trinajstić information content (AvgIpc) is 3.03. The molecule has 0 unspecified atom stereocenters. The van der Waals surface area contributed by atoms with Crippen LogP contribution >= 0.6 is 0 Å². The summed E-state index contributed by atoms with van der Waals surface area (Å²) < 4.78 is 42.7. The molecule has 0 aliphatic heterocycles. The molecule has 0 aliphatic carbocycles. The lowest BCUT2D eigenvalue weighted by atomic mass is 10.1. The molecule has 0 fully saturated rings. The molecule has 0 bridgehead atoms. The van der Waals surface area contributed by atoms with Crippen LogP contribution in [-0.2, 0) is 0 Å². The summed E-state index contributed by atoms with van der Waals surface area (Å²) in [5.41, 5.74) is 4.10. The molecule has 3 nitrogen and oxygen atoms in total. The highest BCUT2D eigenvalue weighted by Crippen LogP contribution is 2.29. The highest BCUT2D eigenvalue weighted by molar-refractivity contribution is 5.87. The molecular formula is C18H11F3N2O. The second kappa shape index (κ2) is 5.26. The van der Waals surface area contributed by atoms with Crippen LogP contribution in [0.4, 0.5) is 13.2 Å². The van der Waals surface area contributed by atoms with Crippen LogP contribution in [0.5, 0.6) is 5.75 Å². The predicted molar refractivity (Wildman–Crippen MR) is 84.8 cm³/mol. The second-order valence-electron chi connectivity index (χ2n) is 5.28. The van der Waals surface area contributed by atoms with E-state index in [4.69, 9.17) is 0 Å².